The predicted octanol–water partition coefficient (Wildman–Crippen LogP) is -0.684. The fourth-order valence-electron chi connectivity index (χ4n) is 3.38. The van der Waals surface area contributed by atoms with Crippen molar-refractivity contribution in [2.45, 2.75) is 31.3 Å². The first-order valence-electron chi connectivity index (χ1n) is 7.83. The highest BCUT2D eigenvalue weighted by atomic mass is 16.2. The monoisotopic (exact) mass is 320 g/mol. The maximum atomic E-state index is 12.4. The summed E-state index contributed by atoms with van der Waals surface area (Å²) in [6.07, 6.45) is 4.39. The molecule has 0 radical (unpaired) electrons. The molecule has 3 saturated heterocycles. The zero-order valence-electron chi connectivity index (χ0n) is 12.9. The van der Waals surface area contributed by atoms with Crippen LogP contribution in [0, 0.1) is 0 Å². The van der Waals surface area contributed by atoms with Crippen LogP contribution in [-0.2, 0) is 14.4 Å². The highest BCUT2D eigenvalue weighted by Crippen LogP contribution is 2.21. The normalized spacial score (nSPS) is 27.7. The van der Waals surface area contributed by atoms with Crippen LogP contribution in [0.15, 0.2) is 12.7 Å². The number of carbonyl (C=O) groups excluding carboxylic acids is 4. The molecule has 1 N–H and O–H groups in total. The van der Waals surface area contributed by atoms with Gasteiger partial charge in [0.25, 0.3) is 0 Å². The molecule has 3 heterocycles. The number of urea groups is 1. The lowest BCUT2D eigenvalue weighted by Gasteiger charge is -2.25. The number of rotatable bonds is 4. The second-order valence-corrected chi connectivity index (χ2v) is 6.14. The summed E-state index contributed by atoms with van der Waals surface area (Å²) in [6, 6.07) is -0.0319. The van der Waals surface area contributed by atoms with Crippen molar-refractivity contribution in [3.63, 3.8) is 0 Å². The molecule has 0 aliphatic carbocycles. The van der Waals surface area contributed by atoms with E-state index < -0.39 is 17.8 Å². The average molecular weight is 320 g/mol. The van der Waals surface area contributed by atoms with E-state index in [9.17, 15) is 19.2 Å². The quantitative estimate of drug-likeness (QED) is 0.421. The molecule has 2 atom stereocenters. The van der Waals surface area contributed by atoms with Gasteiger partial charge in [-0.25, -0.2) is 9.69 Å². The van der Waals surface area contributed by atoms with E-state index in [0.29, 0.717) is 19.1 Å². The second kappa shape index (κ2) is 6.11. The van der Waals surface area contributed by atoms with Gasteiger partial charge in [-0.3, -0.25) is 19.3 Å². The van der Waals surface area contributed by atoms with Gasteiger partial charge < -0.3 is 10.2 Å². The zero-order valence-corrected chi connectivity index (χ0v) is 12.9. The van der Waals surface area contributed by atoms with Gasteiger partial charge in [0.15, 0.2) is 0 Å². The van der Waals surface area contributed by atoms with E-state index in [4.69, 9.17) is 0 Å². The number of nitrogens with zero attached hydrogens (tertiary/aromatic N) is 3. The van der Waals surface area contributed by atoms with Crippen molar-refractivity contribution in [2.75, 3.05) is 26.2 Å². The third-order valence-corrected chi connectivity index (χ3v) is 4.62. The first-order valence-corrected chi connectivity index (χ1v) is 7.83. The van der Waals surface area contributed by atoms with Crippen molar-refractivity contribution in [1.82, 2.24) is 20.0 Å². The third kappa shape index (κ3) is 2.86. The van der Waals surface area contributed by atoms with Gasteiger partial charge >= 0.3 is 17.8 Å². The molecule has 8 nitrogen and oxygen atoms in total. The van der Waals surface area contributed by atoms with Gasteiger partial charge in [0, 0.05) is 31.7 Å². The van der Waals surface area contributed by atoms with E-state index in [-0.39, 0.29) is 25.0 Å². The SMILES string of the molecule is C=CCN1C(=O)C(=O)N(CC(=O)N2CCC3CCC(C2)N3)C1=O. The van der Waals surface area contributed by atoms with Gasteiger partial charge in [-0.1, -0.05) is 6.08 Å². The summed E-state index contributed by atoms with van der Waals surface area (Å²) in [5, 5.41) is 3.46. The summed E-state index contributed by atoms with van der Waals surface area (Å²) in [5.74, 6) is -2.15. The van der Waals surface area contributed by atoms with Gasteiger partial charge in [-0.15, -0.1) is 6.58 Å². The zero-order chi connectivity index (χ0) is 16.6. The Kier molecular flexibility index (Phi) is 4.16. The summed E-state index contributed by atoms with van der Waals surface area (Å²) >= 11 is 0. The molecular weight excluding hydrogens is 300 g/mol. The molecule has 0 aromatic rings. The Balaban J connectivity index is 1.65. The fraction of sp³-hybridized carbons (Fsp3) is 0.600. The molecule has 0 aromatic heterocycles. The van der Waals surface area contributed by atoms with Gasteiger partial charge in [-0.05, 0) is 19.3 Å². The van der Waals surface area contributed by atoms with Crippen LogP contribution in [-0.4, -0.2) is 76.7 Å². The van der Waals surface area contributed by atoms with Crippen molar-refractivity contribution in [1.29, 1.82) is 0 Å². The Morgan fingerprint density at radius 2 is 1.83 bits per heavy atom. The van der Waals surface area contributed by atoms with Crippen molar-refractivity contribution >= 4 is 23.8 Å². The molecule has 5 amide bonds. The summed E-state index contributed by atoms with van der Waals surface area (Å²) < 4.78 is 0. The van der Waals surface area contributed by atoms with E-state index in [1.54, 1.807) is 4.90 Å². The van der Waals surface area contributed by atoms with Crippen LogP contribution in [0.5, 0.6) is 0 Å². The van der Waals surface area contributed by atoms with Crippen molar-refractivity contribution in [2.24, 2.45) is 0 Å². The van der Waals surface area contributed by atoms with Crippen molar-refractivity contribution in [3.8, 4) is 0 Å². The summed E-state index contributed by atoms with van der Waals surface area (Å²) in [4.78, 5) is 51.4. The summed E-state index contributed by atoms with van der Waals surface area (Å²) in [7, 11) is 0. The number of amides is 5. The molecular formula is C15H20N4O4. The van der Waals surface area contributed by atoms with Crippen LogP contribution < -0.4 is 5.32 Å². The van der Waals surface area contributed by atoms with Crippen LogP contribution in [0.25, 0.3) is 0 Å². The molecule has 3 aliphatic heterocycles. The molecule has 23 heavy (non-hydrogen) atoms. The minimum atomic E-state index is -0.945. The van der Waals surface area contributed by atoms with Gasteiger partial charge in [0.1, 0.15) is 6.54 Å². The van der Waals surface area contributed by atoms with Gasteiger partial charge in [-0.2, -0.15) is 0 Å². The lowest BCUT2D eigenvalue weighted by molar-refractivity contribution is -0.144. The van der Waals surface area contributed by atoms with Crippen LogP contribution in [0.2, 0.25) is 0 Å². The van der Waals surface area contributed by atoms with Crippen LogP contribution in [0.1, 0.15) is 19.3 Å². The number of nitrogens with one attached hydrogen (secondary N) is 1. The molecule has 0 spiro atoms. The molecule has 0 saturated carbocycles. The number of hydrogen-bond donors (Lipinski definition) is 1. The Morgan fingerprint density at radius 3 is 2.57 bits per heavy atom. The van der Waals surface area contributed by atoms with Gasteiger partial charge in [0.2, 0.25) is 5.91 Å². The smallest absolute Gasteiger partial charge is 0.335 e. The number of carbonyl (C=O) groups is 4. The molecule has 3 rings (SSSR count). The van der Waals surface area contributed by atoms with Gasteiger partial charge in [0.05, 0.1) is 0 Å². The Bertz CT molecular complexity index is 576. The number of likely N-dealkylation sites (tertiary alicyclic amines) is 1. The molecule has 0 aromatic carbocycles. The molecule has 124 valence electrons. The first kappa shape index (κ1) is 15.7. The van der Waals surface area contributed by atoms with E-state index in [0.717, 1.165) is 29.1 Å². The summed E-state index contributed by atoms with van der Waals surface area (Å²) in [5.41, 5.74) is 0. The highest BCUT2D eigenvalue weighted by molar-refractivity contribution is 6.45. The van der Waals surface area contributed by atoms with E-state index in [1.165, 1.54) is 6.08 Å². The fourth-order valence-corrected chi connectivity index (χ4v) is 3.38. The standard InChI is InChI=1S/C15H20N4O4/c1-2-6-18-13(21)14(22)19(15(18)23)9-12(20)17-7-5-10-3-4-11(8-17)16-10/h2,10-11,16H,1,3-9H2. The Morgan fingerprint density at radius 1 is 1.13 bits per heavy atom. The van der Waals surface area contributed by atoms with Crippen LogP contribution in [0.3, 0.4) is 0 Å². The van der Waals surface area contributed by atoms with E-state index in [1.807, 2.05) is 0 Å². The molecule has 2 bridgehead atoms. The number of imide groups is 2. The molecule has 3 fully saturated rings. The van der Waals surface area contributed by atoms with Crippen LogP contribution >= 0.6 is 0 Å². The first-order chi connectivity index (χ1) is 11.0. The third-order valence-electron chi connectivity index (χ3n) is 4.62. The largest absolute Gasteiger partial charge is 0.340 e. The maximum Gasteiger partial charge on any atom is 0.335 e. The van der Waals surface area contributed by atoms with E-state index in [2.05, 4.69) is 11.9 Å². The van der Waals surface area contributed by atoms with Crippen molar-refractivity contribution < 1.29 is 19.2 Å². The molecule has 3 aliphatic rings. The summed E-state index contributed by atoms with van der Waals surface area (Å²) in [6.45, 7) is 4.22. The minimum absolute atomic E-state index is 0.0362. The lowest BCUT2D eigenvalue weighted by atomic mass is 10.1. The highest BCUT2D eigenvalue weighted by Gasteiger charge is 2.45. The molecule has 2 unspecified atom stereocenters. The van der Waals surface area contributed by atoms with Crippen LogP contribution in [0.4, 0.5) is 4.79 Å². The lowest BCUT2D eigenvalue weighted by Crippen LogP contribution is -2.46. The Labute approximate surface area is 134 Å². The predicted molar refractivity (Wildman–Crippen MR) is 80.2 cm³/mol. The maximum absolute atomic E-state index is 12.4. The minimum Gasteiger partial charge on any atom is -0.340 e. The number of fused-ring (bicyclic) bond motifs is 2. The average Bonchev–Trinajstić information content (AvgIpc) is 2.94. The Hall–Kier alpha value is -2.22. The van der Waals surface area contributed by atoms with E-state index >= 15 is 0 Å². The second-order valence-electron chi connectivity index (χ2n) is 6.14. The topological polar surface area (TPSA) is 90.0 Å². The molecule has 8 heteroatoms. The van der Waals surface area contributed by atoms with Crippen molar-refractivity contribution in [3.05, 3.63) is 12.7 Å². The number of hydrogen-bond acceptors (Lipinski definition) is 5.